The van der Waals surface area contributed by atoms with Crippen LogP contribution in [0.3, 0.4) is 0 Å². The van der Waals surface area contributed by atoms with Gasteiger partial charge in [-0.1, -0.05) is 32.0 Å². The third-order valence-electron chi connectivity index (χ3n) is 4.81. The van der Waals surface area contributed by atoms with Gasteiger partial charge in [0.25, 0.3) is 0 Å². The second-order valence-corrected chi connectivity index (χ2v) is 6.88. The average Bonchev–Trinajstić information content (AvgIpc) is 2.99. The zero-order valence-electron chi connectivity index (χ0n) is 14.2. The van der Waals surface area contributed by atoms with Crippen molar-refractivity contribution in [3.05, 3.63) is 42.2 Å². The van der Waals surface area contributed by atoms with E-state index in [1.165, 1.54) is 12.1 Å². The number of benzene rings is 1. The molecule has 6 nitrogen and oxygen atoms in total. The molecule has 0 radical (unpaired) electrons. The number of hydrogen-bond donors (Lipinski definition) is 3. The zero-order chi connectivity index (χ0) is 19.1. The average molecular weight is 368 g/mol. The van der Waals surface area contributed by atoms with Crippen LogP contribution >= 0.6 is 0 Å². The molecular weight excluding hydrogens is 349 g/mol. The Kier molecular flexibility index (Phi) is 4.43. The number of aliphatic hydroxyl groups excluding tert-OH is 1. The maximum Gasteiger partial charge on any atom is 0.435 e. The summed E-state index contributed by atoms with van der Waals surface area (Å²) in [6, 6.07) is 6.77. The van der Waals surface area contributed by atoms with Gasteiger partial charge in [-0.15, -0.1) is 0 Å². The number of aromatic nitrogens is 2. The number of hydrogen-bond acceptors (Lipinski definition) is 3. The molecule has 3 rings (SSSR count). The first-order valence-corrected chi connectivity index (χ1v) is 8.07. The minimum atomic E-state index is -4.71. The molecule has 9 heteroatoms. The molecule has 1 fully saturated rings. The van der Waals surface area contributed by atoms with Gasteiger partial charge in [-0.2, -0.15) is 18.3 Å². The lowest BCUT2D eigenvalue weighted by atomic mass is 9.65. The highest BCUT2D eigenvalue weighted by Crippen LogP contribution is 2.40. The summed E-state index contributed by atoms with van der Waals surface area (Å²) < 4.78 is 41.3. The van der Waals surface area contributed by atoms with Gasteiger partial charge in [0.2, 0.25) is 0 Å². The predicted molar refractivity (Wildman–Crippen MR) is 88.9 cm³/mol. The summed E-state index contributed by atoms with van der Waals surface area (Å²) in [6.45, 7) is 3.56. The van der Waals surface area contributed by atoms with Gasteiger partial charge in [0, 0.05) is 11.5 Å². The van der Waals surface area contributed by atoms with Gasteiger partial charge >= 0.3 is 12.2 Å². The summed E-state index contributed by atoms with van der Waals surface area (Å²) in [5.41, 5.74) is -1.79. The Hall–Kier alpha value is -2.55. The third kappa shape index (κ3) is 3.26. The van der Waals surface area contributed by atoms with Crippen LogP contribution in [0.25, 0.3) is 5.69 Å². The van der Waals surface area contributed by atoms with Crippen LogP contribution in [0.1, 0.15) is 26.0 Å². The van der Waals surface area contributed by atoms with E-state index in [9.17, 15) is 23.1 Å². The molecule has 2 atom stereocenters. The minimum Gasteiger partial charge on any atom is -0.392 e. The molecule has 1 aliphatic rings. The number of alkyl halides is 3. The lowest BCUT2D eigenvalue weighted by Crippen LogP contribution is -2.61. The van der Waals surface area contributed by atoms with Gasteiger partial charge in [0.05, 0.1) is 23.7 Å². The second kappa shape index (κ2) is 6.31. The lowest BCUT2D eigenvalue weighted by molar-refractivity contribution is -0.142. The first-order chi connectivity index (χ1) is 12.1. The van der Waals surface area contributed by atoms with E-state index in [2.05, 4.69) is 15.7 Å². The van der Waals surface area contributed by atoms with Crippen molar-refractivity contribution in [2.45, 2.75) is 38.6 Å². The van der Waals surface area contributed by atoms with Gasteiger partial charge in [0.15, 0.2) is 5.69 Å². The quantitative estimate of drug-likeness (QED) is 0.779. The van der Waals surface area contributed by atoms with E-state index in [-0.39, 0.29) is 11.7 Å². The molecule has 1 heterocycles. The molecule has 140 valence electrons. The predicted octanol–water partition coefficient (Wildman–Crippen LogP) is 3.17. The van der Waals surface area contributed by atoms with Crippen molar-refractivity contribution in [2.75, 3.05) is 5.32 Å². The van der Waals surface area contributed by atoms with Gasteiger partial charge in [-0.3, -0.25) is 0 Å². The Balaban J connectivity index is 1.82. The molecule has 2 unspecified atom stereocenters. The number of urea groups is 1. The summed E-state index contributed by atoms with van der Waals surface area (Å²) in [7, 11) is 0. The Morgan fingerprint density at radius 3 is 2.50 bits per heavy atom. The van der Waals surface area contributed by atoms with E-state index in [0.29, 0.717) is 6.42 Å². The van der Waals surface area contributed by atoms with E-state index in [0.717, 1.165) is 10.9 Å². The van der Waals surface area contributed by atoms with Crippen LogP contribution in [-0.2, 0) is 6.18 Å². The van der Waals surface area contributed by atoms with Crippen LogP contribution < -0.4 is 10.6 Å². The highest BCUT2D eigenvalue weighted by atomic mass is 19.4. The Morgan fingerprint density at radius 1 is 1.31 bits per heavy atom. The maximum absolute atomic E-state index is 13.5. The Morgan fingerprint density at radius 2 is 1.96 bits per heavy atom. The van der Waals surface area contributed by atoms with Crippen LogP contribution in [-0.4, -0.2) is 33.1 Å². The van der Waals surface area contributed by atoms with Crippen LogP contribution in [0, 0.1) is 5.41 Å². The highest BCUT2D eigenvalue weighted by Gasteiger charge is 2.48. The number of anilines is 1. The normalized spacial score (nSPS) is 21.8. The number of amides is 2. The molecule has 0 aliphatic heterocycles. The number of para-hydroxylation sites is 1. The van der Waals surface area contributed by atoms with E-state index >= 15 is 0 Å². The summed E-state index contributed by atoms with van der Waals surface area (Å²) in [6.07, 6.45) is -3.94. The summed E-state index contributed by atoms with van der Waals surface area (Å²) in [5.74, 6) is 0. The van der Waals surface area contributed by atoms with Crippen molar-refractivity contribution >= 4 is 11.7 Å². The molecule has 3 N–H and O–H groups in total. The van der Waals surface area contributed by atoms with Crippen molar-refractivity contribution in [1.82, 2.24) is 15.1 Å². The topological polar surface area (TPSA) is 79.2 Å². The standard InChI is InChI=1S/C17H19F3N4O2/c1-16(2)12(8-13(16)25)23-15(26)22-11-9-21-24(14(11)17(18,19)20)10-6-4-3-5-7-10/h3-7,9,12-13,25H,8H2,1-2H3,(H2,22,23,26). The van der Waals surface area contributed by atoms with Crippen molar-refractivity contribution in [3.63, 3.8) is 0 Å². The summed E-state index contributed by atoms with van der Waals surface area (Å²) in [4.78, 5) is 12.1. The number of carbonyl (C=O) groups excluding carboxylic acids is 1. The fourth-order valence-corrected chi connectivity index (χ4v) is 2.94. The van der Waals surface area contributed by atoms with E-state index in [4.69, 9.17) is 0 Å². The zero-order valence-corrected chi connectivity index (χ0v) is 14.2. The van der Waals surface area contributed by atoms with Gasteiger partial charge in [-0.05, 0) is 18.6 Å². The van der Waals surface area contributed by atoms with Crippen molar-refractivity contribution < 1.29 is 23.1 Å². The molecule has 0 saturated heterocycles. The number of rotatable bonds is 3. The molecule has 1 aromatic heterocycles. The van der Waals surface area contributed by atoms with E-state index in [1.54, 1.807) is 32.0 Å². The minimum absolute atomic E-state index is 0.233. The van der Waals surface area contributed by atoms with Crippen molar-refractivity contribution in [2.24, 2.45) is 5.41 Å². The van der Waals surface area contributed by atoms with Crippen LogP contribution in [0.4, 0.5) is 23.7 Å². The number of nitrogens with zero attached hydrogens (tertiary/aromatic N) is 2. The van der Waals surface area contributed by atoms with E-state index in [1.807, 2.05) is 0 Å². The number of nitrogens with one attached hydrogen (secondary N) is 2. The fourth-order valence-electron chi connectivity index (χ4n) is 2.94. The van der Waals surface area contributed by atoms with E-state index < -0.39 is 35.1 Å². The SMILES string of the molecule is CC1(C)C(O)CC1NC(=O)Nc1cnn(-c2ccccc2)c1C(F)(F)F. The largest absolute Gasteiger partial charge is 0.435 e. The first kappa shape index (κ1) is 18.2. The summed E-state index contributed by atoms with van der Waals surface area (Å²) in [5, 5.41) is 18.3. The molecule has 1 saturated carbocycles. The lowest BCUT2D eigenvalue weighted by Gasteiger charge is -2.49. The molecule has 26 heavy (non-hydrogen) atoms. The van der Waals surface area contributed by atoms with Gasteiger partial charge in [-0.25, -0.2) is 9.48 Å². The maximum atomic E-state index is 13.5. The molecule has 1 aromatic carbocycles. The molecule has 2 amide bonds. The van der Waals surface area contributed by atoms with Crippen LogP contribution in [0.2, 0.25) is 0 Å². The van der Waals surface area contributed by atoms with Crippen LogP contribution in [0.15, 0.2) is 36.5 Å². The first-order valence-electron chi connectivity index (χ1n) is 8.07. The van der Waals surface area contributed by atoms with Gasteiger partial charge in [0.1, 0.15) is 0 Å². The molecule has 0 spiro atoms. The van der Waals surface area contributed by atoms with Crippen LogP contribution in [0.5, 0.6) is 0 Å². The number of carbonyl (C=O) groups is 1. The monoisotopic (exact) mass is 368 g/mol. The smallest absolute Gasteiger partial charge is 0.392 e. The molecule has 0 bridgehead atoms. The van der Waals surface area contributed by atoms with Gasteiger partial charge < -0.3 is 15.7 Å². The molecule has 1 aliphatic carbocycles. The number of halogens is 3. The second-order valence-electron chi connectivity index (χ2n) is 6.88. The summed E-state index contributed by atoms with van der Waals surface area (Å²) >= 11 is 0. The van der Waals surface area contributed by atoms with Crippen molar-refractivity contribution in [1.29, 1.82) is 0 Å². The number of aliphatic hydroxyl groups is 1. The Labute approximate surface area is 148 Å². The highest BCUT2D eigenvalue weighted by molar-refractivity contribution is 5.90. The molecule has 2 aromatic rings. The molecular formula is C17H19F3N4O2. The third-order valence-corrected chi connectivity index (χ3v) is 4.81. The fraction of sp³-hybridized carbons (Fsp3) is 0.412. The Bertz CT molecular complexity index is 802. The van der Waals surface area contributed by atoms with Crippen molar-refractivity contribution in [3.8, 4) is 5.69 Å².